The van der Waals surface area contributed by atoms with Crippen molar-refractivity contribution < 1.29 is 33.7 Å². The van der Waals surface area contributed by atoms with Crippen LogP contribution in [0.4, 0.5) is 0 Å². The fourth-order valence-corrected chi connectivity index (χ4v) is 5.50. The minimum Gasteiger partial charge on any atom is -0.456 e. The summed E-state index contributed by atoms with van der Waals surface area (Å²) in [6, 6.07) is 0. The molecule has 3 rings (SSSR count). The largest absolute Gasteiger partial charge is 0.456 e. The number of aliphatic hydroxyl groups excluding tert-OH is 2. The Morgan fingerprint density at radius 1 is 1.29 bits per heavy atom. The van der Waals surface area contributed by atoms with E-state index in [4.69, 9.17) is 25.5 Å². The van der Waals surface area contributed by atoms with Gasteiger partial charge in [0, 0.05) is 19.3 Å². The number of Topliss-reactive ketones (excluding diaryl/α,β-unsaturated/α-hetero) is 1. The van der Waals surface area contributed by atoms with Crippen LogP contribution in [0, 0.1) is 24.2 Å². The molecular formula is C29H42ClNO7. The van der Waals surface area contributed by atoms with Crippen molar-refractivity contribution in [1.82, 2.24) is 4.98 Å². The molecule has 0 radical (unpaired) electrons. The van der Waals surface area contributed by atoms with E-state index in [9.17, 15) is 19.8 Å². The number of hydrogen-bond donors (Lipinski definition) is 2. The molecule has 2 fully saturated rings. The topological polar surface area (TPSA) is 122 Å². The molecule has 2 N–H and O–H groups in total. The predicted molar refractivity (Wildman–Crippen MR) is 144 cm³/mol. The van der Waals surface area contributed by atoms with Crippen molar-refractivity contribution >= 4 is 29.4 Å². The van der Waals surface area contributed by atoms with E-state index < -0.39 is 47.6 Å². The molecule has 0 saturated carbocycles. The highest BCUT2D eigenvalue weighted by Crippen LogP contribution is 2.45. The van der Waals surface area contributed by atoms with Crippen LogP contribution in [-0.4, -0.2) is 57.0 Å². The Balaban J connectivity index is 1.88. The number of epoxide rings is 1. The summed E-state index contributed by atoms with van der Waals surface area (Å²) in [5.74, 6) is -1.30. The quantitative estimate of drug-likeness (QED) is 0.293. The number of aliphatic hydroxyl groups is 2. The third-order valence-corrected chi connectivity index (χ3v) is 8.49. The van der Waals surface area contributed by atoms with Gasteiger partial charge in [0.15, 0.2) is 5.89 Å². The van der Waals surface area contributed by atoms with Crippen LogP contribution in [0.5, 0.6) is 0 Å². The molecule has 0 aliphatic carbocycles. The molecule has 2 unspecified atom stereocenters. The zero-order valence-corrected chi connectivity index (χ0v) is 23.9. The first-order chi connectivity index (χ1) is 17.8. The van der Waals surface area contributed by atoms with E-state index >= 15 is 0 Å². The Labute approximate surface area is 230 Å². The van der Waals surface area contributed by atoms with Crippen molar-refractivity contribution in [1.29, 1.82) is 0 Å². The van der Waals surface area contributed by atoms with Crippen LogP contribution in [0.1, 0.15) is 84.2 Å². The molecule has 212 valence electrons. The number of halogens is 1. The number of cyclic esters (lactones) is 1. The molecule has 0 bridgehead atoms. The lowest BCUT2D eigenvalue weighted by Crippen LogP contribution is -2.46. The van der Waals surface area contributed by atoms with Crippen LogP contribution >= 0.6 is 11.6 Å². The summed E-state index contributed by atoms with van der Waals surface area (Å²) in [6.45, 7) is 12.6. The smallest absolute Gasteiger partial charge is 0.309 e. The van der Waals surface area contributed by atoms with Gasteiger partial charge in [-0.3, -0.25) is 9.59 Å². The number of esters is 1. The van der Waals surface area contributed by atoms with E-state index in [1.165, 1.54) is 6.26 Å². The van der Waals surface area contributed by atoms with Crippen molar-refractivity contribution in [2.75, 3.05) is 0 Å². The second-order valence-electron chi connectivity index (χ2n) is 11.6. The van der Waals surface area contributed by atoms with Crippen molar-refractivity contribution in [3.05, 3.63) is 35.5 Å². The molecule has 0 spiro atoms. The third-order valence-electron chi connectivity index (χ3n) is 8.14. The highest BCUT2D eigenvalue weighted by Gasteiger charge is 2.53. The Morgan fingerprint density at radius 2 is 2.00 bits per heavy atom. The van der Waals surface area contributed by atoms with Gasteiger partial charge in [-0.2, -0.15) is 0 Å². The first-order valence-electron chi connectivity index (χ1n) is 13.5. The van der Waals surface area contributed by atoms with Gasteiger partial charge in [-0.05, 0) is 44.6 Å². The number of nitrogens with zero attached hydrogens (tertiary/aromatic N) is 1. The zero-order valence-electron chi connectivity index (χ0n) is 23.1. The van der Waals surface area contributed by atoms with Gasteiger partial charge in [0.25, 0.3) is 0 Å². The number of hydrogen-bond acceptors (Lipinski definition) is 8. The summed E-state index contributed by atoms with van der Waals surface area (Å²) < 4.78 is 17.0. The minimum atomic E-state index is -1.31. The molecule has 9 heteroatoms. The summed E-state index contributed by atoms with van der Waals surface area (Å²) in [7, 11) is 0. The van der Waals surface area contributed by atoms with Crippen LogP contribution in [0.2, 0.25) is 0 Å². The average molecular weight is 552 g/mol. The van der Waals surface area contributed by atoms with E-state index in [0.29, 0.717) is 30.8 Å². The molecule has 2 saturated heterocycles. The van der Waals surface area contributed by atoms with Gasteiger partial charge in [0.05, 0.1) is 40.8 Å². The van der Waals surface area contributed by atoms with E-state index in [0.717, 1.165) is 19.3 Å². The number of allylic oxidation sites excluding steroid dienone is 1. The zero-order chi connectivity index (χ0) is 28.3. The van der Waals surface area contributed by atoms with Crippen LogP contribution < -0.4 is 0 Å². The Bertz CT molecular complexity index is 1030. The number of fused-ring (bicyclic) bond motifs is 1. The second-order valence-corrected chi connectivity index (χ2v) is 12.0. The summed E-state index contributed by atoms with van der Waals surface area (Å²) in [6.07, 6.45) is 4.80. The number of carbonyl (C=O) groups is 2. The standard InChI is InChI=1S/C29H42ClNO7/c1-7-8-11-20-26(34)17(2)10-9-12-29(6)24(38-29)14-22(21(30)13-19-16-36-18(3)31-19)37-25(33)15-23(32)28(4,5)27(20)35/h7,13,16-17,20,22-24,26,32,34H,1,8-12,14-15H2,2-6H3/t17-,20+,22-,23-,24?,26+,29?/m0/s1. The fourth-order valence-electron chi connectivity index (χ4n) is 5.26. The normalized spacial score (nSPS) is 35.3. The van der Waals surface area contributed by atoms with Crippen molar-refractivity contribution in [3.63, 3.8) is 0 Å². The predicted octanol–water partition coefficient (Wildman–Crippen LogP) is 5.13. The molecule has 0 aromatic carbocycles. The molecule has 2 aliphatic heterocycles. The lowest BCUT2D eigenvalue weighted by Gasteiger charge is -2.36. The molecule has 3 heterocycles. The molecule has 1 aromatic heterocycles. The van der Waals surface area contributed by atoms with Gasteiger partial charge in [-0.25, -0.2) is 4.98 Å². The average Bonchev–Trinajstić information content (AvgIpc) is 3.29. The lowest BCUT2D eigenvalue weighted by atomic mass is 9.71. The maximum atomic E-state index is 13.7. The van der Waals surface area contributed by atoms with Crippen LogP contribution in [0.25, 0.3) is 6.08 Å². The summed E-state index contributed by atoms with van der Waals surface area (Å²) in [5.41, 5.74) is -1.18. The van der Waals surface area contributed by atoms with Crippen LogP contribution in [0.15, 0.2) is 28.4 Å². The Kier molecular flexibility index (Phi) is 10.0. The summed E-state index contributed by atoms with van der Waals surface area (Å²) in [5, 5.41) is 22.5. The van der Waals surface area contributed by atoms with Crippen molar-refractivity contribution in [3.8, 4) is 0 Å². The van der Waals surface area contributed by atoms with Crippen LogP contribution in [0.3, 0.4) is 0 Å². The first kappa shape index (κ1) is 30.5. The summed E-state index contributed by atoms with van der Waals surface area (Å²) >= 11 is 6.61. The SMILES string of the molecule is C=CCC[C@H]1C(=O)C(C)(C)[C@@H](O)CC(=O)O[C@H](C(Cl)=Cc2coc(C)n2)CC2OC2(C)CCC[C@H](C)[C@H]1O. The lowest BCUT2D eigenvalue weighted by molar-refractivity contribution is -0.154. The van der Waals surface area contributed by atoms with Gasteiger partial charge >= 0.3 is 5.97 Å². The number of carbonyl (C=O) groups excluding carboxylic acids is 2. The number of aryl methyl sites for hydroxylation is 1. The number of oxazole rings is 1. The second kappa shape index (κ2) is 12.5. The number of ether oxygens (including phenoxy) is 2. The van der Waals surface area contributed by atoms with E-state index in [2.05, 4.69) is 11.6 Å². The number of aromatic nitrogens is 1. The van der Waals surface area contributed by atoms with Gasteiger partial charge < -0.3 is 24.1 Å². The molecule has 38 heavy (non-hydrogen) atoms. The van der Waals surface area contributed by atoms with Gasteiger partial charge in [-0.15, -0.1) is 6.58 Å². The van der Waals surface area contributed by atoms with Crippen LogP contribution in [-0.2, 0) is 19.1 Å². The van der Waals surface area contributed by atoms with Crippen molar-refractivity contribution in [2.45, 2.75) is 110 Å². The molecule has 8 nitrogen and oxygen atoms in total. The molecular weight excluding hydrogens is 510 g/mol. The molecule has 0 amide bonds. The highest BCUT2D eigenvalue weighted by molar-refractivity contribution is 6.32. The van der Waals surface area contributed by atoms with E-state index in [-0.39, 0.29) is 22.8 Å². The fraction of sp³-hybridized carbons (Fsp3) is 0.690. The maximum Gasteiger partial charge on any atom is 0.309 e. The number of rotatable bonds is 5. The Morgan fingerprint density at radius 3 is 2.63 bits per heavy atom. The number of ketones is 1. The van der Waals surface area contributed by atoms with E-state index in [1.54, 1.807) is 32.9 Å². The summed E-state index contributed by atoms with van der Waals surface area (Å²) in [4.78, 5) is 30.9. The highest BCUT2D eigenvalue weighted by atomic mass is 35.5. The van der Waals surface area contributed by atoms with Gasteiger partial charge in [0.1, 0.15) is 23.8 Å². The Hall–Kier alpha value is -2.00. The van der Waals surface area contributed by atoms with E-state index in [1.807, 2.05) is 13.8 Å². The maximum absolute atomic E-state index is 13.7. The monoisotopic (exact) mass is 551 g/mol. The van der Waals surface area contributed by atoms with Gasteiger partial charge in [-0.1, -0.05) is 44.9 Å². The molecule has 7 atom stereocenters. The molecule has 1 aromatic rings. The minimum absolute atomic E-state index is 0.128. The third kappa shape index (κ3) is 7.34. The molecule has 2 aliphatic rings. The van der Waals surface area contributed by atoms with Gasteiger partial charge in [0.2, 0.25) is 0 Å². The van der Waals surface area contributed by atoms with Crippen molar-refractivity contribution in [2.24, 2.45) is 17.3 Å². The first-order valence-corrected chi connectivity index (χ1v) is 13.8.